The number of halogens is 3. The van der Waals surface area contributed by atoms with Crippen LogP contribution < -0.4 is 22.1 Å². The zero-order valence-electron chi connectivity index (χ0n) is 11.7. The Morgan fingerprint density at radius 2 is 2.00 bits per heavy atom. The molecular formula is C13H17F3N5O+. The summed E-state index contributed by atoms with van der Waals surface area (Å²) in [4.78, 5) is 11.4. The molecule has 6 nitrogen and oxygen atoms in total. The molecule has 0 saturated heterocycles. The Balaban J connectivity index is 2.08. The molecule has 0 aromatic heterocycles. The van der Waals surface area contributed by atoms with E-state index in [-0.39, 0.29) is 13.0 Å². The van der Waals surface area contributed by atoms with Gasteiger partial charge in [0.05, 0.1) is 12.1 Å². The van der Waals surface area contributed by atoms with E-state index in [0.717, 1.165) is 5.56 Å². The molecule has 1 aromatic carbocycles. The van der Waals surface area contributed by atoms with Crippen molar-refractivity contribution in [3.05, 3.63) is 35.4 Å². The number of amidine groups is 1. The van der Waals surface area contributed by atoms with Crippen LogP contribution in [0.15, 0.2) is 24.3 Å². The van der Waals surface area contributed by atoms with Crippen molar-refractivity contribution in [2.24, 2.45) is 5.84 Å². The van der Waals surface area contributed by atoms with Gasteiger partial charge in [0.2, 0.25) is 0 Å². The van der Waals surface area contributed by atoms with Gasteiger partial charge < -0.3 is 0 Å². The summed E-state index contributed by atoms with van der Waals surface area (Å²) in [5.74, 6) is 5.32. The van der Waals surface area contributed by atoms with Gasteiger partial charge in [0.1, 0.15) is 0 Å². The molecule has 0 unspecified atom stereocenters. The fourth-order valence-electron chi connectivity index (χ4n) is 2.16. The molecule has 0 atom stereocenters. The zero-order chi connectivity index (χ0) is 16.2. The topological polar surface area (TPSA) is 82.2 Å². The van der Waals surface area contributed by atoms with Gasteiger partial charge in [0.25, 0.3) is 11.7 Å². The number of carbonyl (C=O) groups is 1. The third kappa shape index (κ3) is 4.18. The first-order chi connectivity index (χ1) is 10.4. The Kier molecular flexibility index (Phi) is 4.99. The van der Waals surface area contributed by atoms with Gasteiger partial charge in [0, 0.05) is 12.0 Å². The van der Waals surface area contributed by atoms with Crippen molar-refractivity contribution >= 4 is 11.7 Å². The van der Waals surface area contributed by atoms with E-state index in [1.165, 1.54) is 0 Å². The summed E-state index contributed by atoms with van der Waals surface area (Å²) < 4.78 is 38.4. The number of nitrogens with zero attached hydrogens (tertiary/aromatic N) is 1. The highest BCUT2D eigenvalue weighted by molar-refractivity contribution is 5.98. The largest absolute Gasteiger partial charge is 0.389 e. The lowest BCUT2D eigenvalue weighted by Crippen LogP contribution is -2.31. The van der Waals surface area contributed by atoms with Crippen LogP contribution in [0.4, 0.5) is 13.2 Å². The number of hydrogen-bond acceptors (Lipinski definition) is 4. The monoisotopic (exact) mass is 316 g/mol. The minimum Gasteiger partial charge on any atom is -0.290 e. The average molecular weight is 316 g/mol. The van der Waals surface area contributed by atoms with E-state index in [1.54, 1.807) is 28.8 Å². The Morgan fingerprint density at radius 3 is 2.59 bits per heavy atom. The molecule has 5 N–H and O–H groups in total. The molecule has 1 heterocycles. The molecule has 9 heteroatoms. The number of nitrogen functional groups attached to an aromatic ring is 1. The summed E-state index contributed by atoms with van der Waals surface area (Å²) in [6.07, 6.45) is -4.94. The van der Waals surface area contributed by atoms with Crippen LogP contribution >= 0.6 is 0 Å². The minimum absolute atomic E-state index is 0.0179. The predicted molar refractivity (Wildman–Crippen MR) is 73.8 cm³/mol. The molecule has 0 fully saturated rings. The van der Waals surface area contributed by atoms with Crippen LogP contribution in [0.2, 0.25) is 0 Å². The maximum absolute atomic E-state index is 12.2. The van der Waals surface area contributed by atoms with Gasteiger partial charge in [-0.15, -0.1) is 5.43 Å². The number of amides is 1. The average Bonchev–Trinajstić information content (AvgIpc) is 2.94. The van der Waals surface area contributed by atoms with Gasteiger partial charge in [-0.3, -0.25) is 10.2 Å². The van der Waals surface area contributed by atoms with Gasteiger partial charge in [-0.25, -0.2) is 10.4 Å². The number of nitrogens with one attached hydrogen (secondary N) is 3. The summed E-state index contributed by atoms with van der Waals surface area (Å²) in [7, 11) is 0. The fraction of sp³-hybridized carbons (Fsp3) is 0.385. The molecule has 0 radical (unpaired) electrons. The van der Waals surface area contributed by atoms with E-state index >= 15 is 0 Å². The number of carbonyl (C=O) groups excluding carboxylic acids is 1. The van der Waals surface area contributed by atoms with Gasteiger partial charge in [0.15, 0.2) is 6.67 Å². The fourth-order valence-corrected chi connectivity index (χ4v) is 2.16. The number of alkyl halides is 3. The van der Waals surface area contributed by atoms with Crippen LogP contribution in [0.25, 0.3) is 0 Å². The molecule has 0 saturated carbocycles. The smallest absolute Gasteiger partial charge is 0.290 e. The molecule has 1 amide bonds. The molecule has 0 aliphatic carbocycles. The molecule has 120 valence electrons. The van der Waals surface area contributed by atoms with E-state index in [1.807, 2.05) is 5.43 Å². The molecule has 22 heavy (non-hydrogen) atoms. The zero-order valence-corrected chi connectivity index (χ0v) is 11.7. The first kappa shape index (κ1) is 16.2. The van der Waals surface area contributed by atoms with E-state index in [9.17, 15) is 18.0 Å². The lowest BCUT2D eigenvalue weighted by molar-refractivity contribution is -0.524. The van der Waals surface area contributed by atoms with Crippen LogP contribution in [-0.4, -0.2) is 35.7 Å². The lowest BCUT2D eigenvalue weighted by Gasteiger charge is -2.07. The summed E-state index contributed by atoms with van der Waals surface area (Å²) in [6.45, 7) is 0.693. The maximum atomic E-state index is 12.2. The number of benzene rings is 1. The van der Waals surface area contributed by atoms with Gasteiger partial charge in [-0.05, 0) is 30.7 Å². The highest BCUT2D eigenvalue weighted by Crippen LogP contribution is 2.21. The van der Waals surface area contributed by atoms with Crippen molar-refractivity contribution in [3.8, 4) is 0 Å². The Bertz CT molecular complexity index is 568. The van der Waals surface area contributed by atoms with E-state index in [4.69, 9.17) is 5.84 Å². The summed E-state index contributed by atoms with van der Waals surface area (Å²) in [6, 6.07) is 6.60. The van der Waals surface area contributed by atoms with Crippen LogP contribution in [0, 0.1) is 0 Å². The second-order valence-electron chi connectivity index (χ2n) is 4.84. The summed E-state index contributed by atoms with van der Waals surface area (Å²) in [5, 5.41) is 0. The summed E-state index contributed by atoms with van der Waals surface area (Å²) in [5.41, 5.74) is 9.00. The molecular weight excluding hydrogens is 299 g/mol. The Morgan fingerprint density at radius 1 is 1.32 bits per heavy atom. The third-order valence-corrected chi connectivity index (χ3v) is 3.23. The second kappa shape index (κ2) is 6.75. The molecule has 2 rings (SSSR count). The molecule has 1 aromatic rings. The number of rotatable bonds is 5. The molecule has 1 aliphatic heterocycles. The van der Waals surface area contributed by atoms with Crippen molar-refractivity contribution in [2.75, 3.05) is 13.2 Å². The second-order valence-corrected chi connectivity index (χ2v) is 4.84. The Hall–Kier alpha value is -2.13. The Labute approximate surface area is 125 Å². The molecule has 1 aliphatic rings. The van der Waals surface area contributed by atoms with Crippen molar-refractivity contribution in [3.63, 3.8) is 0 Å². The SMILES string of the molecule is NNC(=O)c1ccc(C2=[N+](CCCC(F)(F)F)CNN2)cc1. The van der Waals surface area contributed by atoms with E-state index < -0.39 is 18.5 Å². The van der Waals surface area contributed by atoms with E-state index in [0.29, 0.717) is 18.1 Å². The van der Waals surface area contributed by atoms with Crippen LogP contribution in [0.1, 0.15) is 28.8 Å². The maximum Gasteiger partial charge on any atom is 0.389 e. The normalized spacial score (nSPS) is 14.9. The number of hydrogen-bond donors (Lipinski definition) is 4. The number of hydrazine groups is 2. The van der Waals surface area contributed by atoms with Crippen LogP contribution in [0.3, 0.4) is 0 Å². The standard InChI is InChI=1S/C13H16F3N5O/c14-13(15,16)6-1-7-21-8-18-20-11(21)9-2-4-10(5-3-9)12(22)19-17/h2-5H,1,6-8H2,(H4,17,18,19,20,22)/p+1. The van der Waals surface area contributed by atoms with Gasteiger partial charge >= 0.3 is 6.18 Å². The predicted octanol–water partition coefficient (Wildman–Crippen LogP) is 0.457. The van der Waals surface area contributed by atoms with Crippen molar-refractivity contribution in [2.45, 2.75) is 19.0 Å². The first-order valence-electron chi connectivity index (χ1n) is 6.69. The third-order valence-electron chi connectivity index (χ3n) is 3.23. The molecule has 0 spiro atoms. The van der Waals surface area contributed by atoms with Crippen LogP contribution in [-0.2, 0) is 0 Å². The molecule has 0 bridgehead atoms. The van der Waals surface area contributed by atoms with Crippen molar-refractivity contribution in [1.29, 1.82) is 0 Å². The highest BCUT2D eigenvalue weighted by atomic mass is 19.4. The lowest BCUT2D eigenvalue weighted by atomic mass is 10.1. The van der Waals surface area contributed by atoms with Gasteiger partial charge in [-0.1, -0.05) is 0 Å². The van der Waals surface area contributed by atoms with Crippen molar-refractivity contribution in [1.82, 2.24) is 16.3 Å². The highest BCUT2D eigenvalue weighted by Gasteiger charge is 2.28. The van der Waals surface area contributed by atoms with Crippen molar-refractivity contribution < 1.29 is 22.5 Å². The summed E-state index contributed by atoms with van der Waals surface area (Å²) >= 11 is 0. The first-order valence-corrected chi connectivity index (χ1v) is 6.69. The van der Waals surface area contributed by atoms with Gasteiger partial charge in [-0.2, -0.15) is 18.6 Å². The van der Waals surface area contributed by atoms with E-state index in [2.05, 4.69) is 10.9 Å². The number of nitrogens with two attached hydrogens (primary N) is 1. The van der Waals surface area contributed by atoms with Crippen LogP contribution in [0.5, 0.6) is 0 Å². The minimum atomic E-state index is -4.14. The quantitative estimate of drug-likeness (QED) is 0.275.